The third-order valence-corrected chi connectivity index (χ3v) is 4.21. The van der Waals surface area contributed by atoms with Gasteiger partial charge in [-0.1, -0.05) is 24.3 Å². The van der Waals surface area contributed by atoms with E-state index in [2.05, 4.69) is 25.5 Å². The molecule has 0 fully saturated rings. The monoisotopic (exact) mass is 313 g/mol. The summed E-state index contributed by atoms with van der Waals surface area (Å²) in [6, 6.07) is 7.92. The van der Waals surface area contributed by atoms with Gasteiger partial charge in [0.2, 0.25) is 0 Å². The molecule has 0 spiro atoms. The molecule has 0 saturated heterocycles. The number of thiazole rings is 1. The van der Waals surface area contributed by atoms with Crippen molar-refractivity contribution in [1.82, 2.24) is 25.5 Å². The Labute approximate surface area is 131 Å². The third-order valence-electron chi connectivity index (χ3n) is 3.36. The zero-order valence-corrected chi connectivity index (χ0v) is 13.0. The minimum absolute atomic E-state index is 0.0795. The van der Waals surface area contributed by atoms with Gasteiger partial charge in [-0.25, -0.2) is 9.97 Å². The highest BCUT2D eigenvalue weighted by atomic mass is 32.1. The van der Waals surface area contributed by atoms with Crippen molar-refractivity contribution in [2.45, 2.75) is 19.9 Å². The molecule has 0 saturated carbocycles. The predicted molar refractivity (Wildman–Crippen MR) is 84.6 cm³/mol. The smallest absolute Gasteiger partial charge is 0.271 e. The molecule has 3 aromatic rings. The van der Waals surface area contributed by atoms with Crippen molar-refractivity contribution >= 4 is 17.2 Å². The van der Waals surface area contributed by atoms with Crippen LogP contribution in [0.2, 0.25) is 0 Å². The lowest BCUT2D eigenvalue weighted by atomic mass is 10.0. The molecule has 2 aromatic heterocycles. The zero-order valence-electron chi connectivity index (χ0n) is 12.2. The molecule has 2 N–H and O–H groups in total. The summed E-state index contributed by atoms with van der Waals surface area (Å²) < 4.78 is 0. The fourth-order valence-corrected chi connectivity index (χ4v) is 2.96. The Kier molecular flexibility index (Phi) is 3.97. The molecule has 112 valence electrons. The van der Waals surface area contributed by atoms with E-state index in [1.54, 1.807) is 5.38 Å². The minimum Gasteiger partial charge on any atom is -0.344 e. The number of hydrogen-bond acceptors (Lipinski definition) is 5. The summed E-state index contributed by atoms with van der Waals surface area (Å²) in [4.78, 5) is 20.6. The number of aromatic nitrogens is 4. The number of aromatic amines is 1. The van der Waals surface area contributed by atoms with Gasteiger partial charge in [-0.05, 0) is 25.0 Å². The molecule has 1 unspecified atom stereocenters. The summed E-state index contributed by atoms with van der Waals surface area (Å²) in [5.41, 5.74) is 2.63. The van der Waals surface area contributed by atoms with E-state index in [0.717, 1.165) is 11.1 Å². The number of carbonyl (C=O) groups is 1. The number of rotatable bonds is 4. The van der Waals surface area contributed by atoms with Gasteiger partial charge in [0, 0.05) is 5.38 Å². The average molecular weight is 313 g/mol. The second-order valence-electron chi connectivity index (χ2n) is 4.92. The SMILES string of the molecule is Cc1ccccc1C(C)NC(=O)c1csc(-c2ncn[nH]2)n1. The summed E-state index contributed by atoms with van der Waals surface area (Å²) in [5.74, 6) is 0.369. The number of H-pyrrole nitrogens is 1. The van der Waals surface area contributed by atoms with Gasteiger partial charge < -0.3 is 5.32 Å². The van der Waals surface area contributed by atoms with Crippen molar-refractivity contribution in [1.29, 1.82) is 0 Å². The van der Waals surface area contributed by atoms with Crippen LogP contribution in [0.5, 0.6) is 0 Å². The van der Waals surface area contributed by atoms with Crippen LogP contribution in [0.15, 0.2) is 36.0 Å². The fourth-order valence-electron chi connectivity index (χ4n) is 2.22. The van der Waals surface area contributed by atoms with E-state index in [9.17, 15) is 4.79 Å². The maximum atomic E-state index is 12.3. The fraction of sp³-hybridized carbons (Fsp3) is 0.200. The predicted octanol–water partition coefficient (Wildman–Crippen LogP) is 2.73. The first-order valence-electron chi connectivity index (χ1n) is 6.83. The van der Waals surface area contributed by atoms with Crippen LogP contribution < -0.4 is 5.32 Å². The van der Waals surface area contributed by atoms with Crippen molar-refractivity contribution in [3.63, 3.8) is 0 Å². The average Bonchev–Trinajstić information content (AvgIpc) is 3.18. The van der Waals surface area contributed by atoms with E-state index in [1.165, 1.54) is 17.7 Å². The maximum Gasteiger partial charge on any atom is 0.271 e. The molecule has 0 aliphatic carbocycles. The molecule has 0 bridgehead atoms. The molecule has 22 heavy (non-hydrogen) atoms. The van der Waals surface area contributed by atoms with Crippen molar-refractivity contribution in [2.24, 2.45) is 0 Å². The van der Waals surface area contributed by atoms with E-state index in [1.807, 2.05) is 38.1 Å². The first-order valence-corrected chi connectivity index (χ1v) is 7.71. The number of amides is 1. The minimum atomic E-state index is -0.197. The van der Waals surface area contributed by atoms with E-state index in [0.29, 0.717) is 16.5 Å². The summed E-state index contributed by atoms with van der Waals surface area (Å²) >= 11 is 1.36. The van der Waals surface area contributed by atoms with E-state index >= 15 is 0 Å². The molecular weight excluding hydrogens is 298 g/mol. The normalized spacial score (nSPS) is 12.1. The number of carbonyl (C=O) groups excluding carboxylic acids is 1. The molecular formula is C15H15N5OS. The van der Waals surface area contributed by atoms with E-state index in [-0.39, 0.29) is 11.9 Å². The Bertz CT molecular complexity index is 781. The van der Waals surface area contributed by atoms with Crippen LogP contribution in [0.25, 0.3) is 10.8 Å². The van der Waals surface area contributed by atoms with Gasteiger partial charge in [-0.2, -0.15) is 5.10 Å². The van der Waals surface area contributed by atoms with Crippen molar-refractivity contribution in [2.75, 3.05) is 0 Å². The molecule has 0 aliphatic heterocycles. The Morgan fingerprint density at radius 2 is 2.18 bits per heavy atom. The zero-order chi connectivity index (χ0) is 15.5. The molecule has 6 nitrogen and oxygen atoms in total. The number of benzene rings is 1. The standard InChI is InChI=1S/C15H15N5OS/c1-9-5-3-4-6-11(9)10(2)18-14(21)12-7-22-15(19-12)13-16-8-17-20-13/h3-8,10H,1-2H3,(H,18,21)(H,16,17,20). The second kappa shape index (κ2) is 6.07. The van der Waals surface area contributed by atoms with Crippen LogP contribution in [0.3, 0.4) is 0 Å². The van der Waals surface area contributed by atoms with Crippen LogP contribution in [0.1, 0.15) is 34.6 Å². The molecule has 2 heterocycles. The highest BCUT2D eigenvalue weighted by Gasteiger charge is 2.16. The van der Waals surface area contributed by atoms with Gasteiger partial charge in [0.05, 0.1) is 6.04 Å². The summed E-state index contributed by atoms with van der Waals surface area (Å²) in [5, 5.41) is 11.9. The maximum absolute atomic E-state index is 12.3. The number of aryl methyl sites for hydroxylation is 1. The molecule has 1 amide bonds. The highest BCUT2D eigenvalue weighted by molar-refractivity contribution is 7.13. The number of hydrogen-bond donors (Lipinski definition) is 2. The Balaban J connectivity index is 1.74. The van der Waals surface area contributed by atoms with Crippen LogP contribution in [-0.2, 0) is 0 Å². The molecule has 1 atom stereocenters. The lowest BCUT2D eigenvalue weighted by Gasteiger charge is -2.15. The second-order valence-corrected chi connectivity index (χ2v) is 5.78. The van der Waals surface area contributed by atoms with Gasteiger partial charge in [0.25, 0.3) is 5.91 Å². The quantitative estimate of drug-likeness (QED) is 0.775. The van der Waals surface area contributed by atoms with Crippen molar-refractivity contribution in [3.05, 3.63) is 52.8 Å². The van der Waals surface area contributed by atoms with Gasteiger partial charge in [0.15, 0.2) is 10.8 Å². The largest absolute Gasteiger partial charge is 0.344 e. The van der Waals surface area contributed by atoms with Gasteiger partial charge in [-0.15, -0.1) is 11.3 Å². The first-order chi connectivity index (χ1) is 10.6. The summed E-state index contributed by atoms with van der Waals surface area (Å²) in [7, 11) is 0. The van der Waals surface area contributed by atoms with Gasteiger partial charge in [0.1, 0.15) is 12.0 Å². The summed E-state index contributed by atoms with van der Waals surface area (Å²) in [6.45, 7) is 3.99. The van der Waals surface area contributed by atoms with Crippen LogP contribution in [0, 0.1) is 6.92 Å². The Morgan fingerprint density at radius 1 is 1.36 bits per heavy atom. The number of nitrogens with zero attached hydrogens (tertiary/aromatic N) is 3. The first kappa shape index (κ1) is 14.4. The van der Waals surface area contributed by atoms with Crippen LogP contribution in [-0.4, -0.2) is 26.1 Å². The number of nitrogens with one attached hydrogen (secondary N) is 2. The van der Waals surface area contributed by atoms with Crippen LogP contribution >= 0.6 is 11.3 Å². The van der Waals surface area contributed by atoms with E-state index < -0.39 is 0 Å². The molecule has 3 rings (SSSR count). The van der Waals surface area contributed by atoms with Crippen molar-refractivity contribution < 1.29 is 4.79 Å². The molecule has 0 aliphatic rings. The van der Waals surface area contributed by atoms with Gasteiger partial charge in [-0.3, -0.25) is 9.89 Å². The third kappa shape index (κ3) is 2.89. The van der Waals surface area contributed by atoms with E-state index in [4.69, 9.17) is 0 Å². The van der Waals surface area contributed by atoms with Gasteiger partial charge >= 0.3 is 0 Å². The molecule has 0 radical (unpaired) electrons. The van der Waals surface area contributed by atoms with Crippen LogP contribution in [0.4, 0.5) is 0 Å². The van der Waals surface area contributed by atoms with Crippen molar-refractivity contribution in [3.8, 4) is 10.8 Å². The Hall–Kier alpha value is -2.54. The molecule has 1 aromatic carbocycles. The lowest BCUT2D eigenvalue weighted by molar-refractivity contribution is 0.0935. The Morgan fingerprint density at radius 3 is 2.91 bits per heavy atom. The topological polar surface area (TPSA) is 83.6 Å². The highest BCUT2D eigenvalue weighted by Crippen LogP contribution is 2.21. The lowest BCUT2D eigenvalue weighted by Crippen LogP contribution is -2.27. The molecule has 7 heteroatoms. The summed E-state index contributed by atoms with van der Waals surface area (Å²) in [6.07, 6.45) is 1.41.